The van der Waals surface area contributed by atoms with Gasteiger partial charge in [-0.05, 0) is 80.3 Å². The lowest BCUT2D eigenvalue weighted by Crippen LogP contribution is -2.21. The zero-order valence-corrected chi connectivity index (χ0v) is 23.1. The monoisotopic (exact) mass is 553 g/mol. The molecule has 0 bridgehead atoms. The van der Waals surface area contributed by atoms with Gasteiger partial charge in [0, 0.05) is 30.1 Å². The number of thiophene rings is 1. The number of nitrogens with zero attached hydrogens (tertiary/aromatic N) is 1. The first-order valence-electron chi connectivity index (χ1n) is 11.9. The maximum Gasteiger partial charge on any atom is 0.261 e. The highest BCUT2D eigenvalue weighted by Gasteiger charge is 2.19. The molecule has 0 aliphatic carbocycles. The number of hydrogen-bond donors (Lipinski definition) is 2. The van der Waals surface area contributed by atoms with Crippen LogP contribution in [0.1, 0.15) is 44.4 Å². The fourth-order valence-electron chi connectivity index (χ4n) is 4.40. The molecule has 7 nitrogen and oxygen atoms in total. The first-order valence-corrected chi connectivity index (χ1v) is 14.3. The fourth-order valence-corrected chi connectivity index (χ4v) is 6.00. The first kappa shape index (κ1) is 27.3. The van der Waals surface area contributed by atoms with Crippen LogP contribution in [-0.2, 0) is 16.4 Å². The second kappa shape index (κ2) is 10.5. The molecule has 2 aromatic heterocycles. The molecule has 2 aromatic carbocycles. The summed E-state index contributed by atoms with van der Waals surface area (Å²) in [6.45, 7) is 11.0. The lowest BCUT2D eigenvalue weighted by atomic mass is 9.94. The third-order valence-corrected chi connectivity index (χ3v) is 8.36. The van der Waals surface area contributed by atoms with Gasteiger partial charge in [-0.1, -0.05) is 12.6 Å². The molecule has 0 saturated carbocycles. The van der Waals surface area contributed by atoms with E-state index in [0.29, 0.717) is 45.0 Å². The minimum absolute atomic E-state index is 0.182. The van der Waals surface area contributed by atoms with Gasteiger partial charge in [-0.25, -0.2) is 12.8 Å². The van der Waals surface area contributed by atoms with Crippen molar-refractivity contribution in [3.05, 3.63) is 103 Å². The van der Waals surface area contributed by atoms with Crippen molar-refractivity contribution in [2.75, 3.05) is 11.3 Å². The number of benzene rings is 2. The number of carbonyl (C=O) groups excluding carboxylic acids is 1. The maximum atomic E-state index is 14.0. The van der Waals surface area contributed by atoms with Gasteiger partial charge in [0.2, 0.25) is 0 Å². The Bertz CT molecular complexity index is 1730. The molecular formula is C28H28FN3O4S2. The van der Waals surface area contributed by atoms with Crippen molar-refractivity contribution < 1.29 is 17.6 Å². The topological polar surface area (TPSA) is 97.3 Å². The molecule has 0 fully saturated rings. The van der Waals surface area contributed by atoms with Gasteiger partial charge >= 0.3 is 0 Å². The van der Waals surface area contributed by atoms with E-state index < -0.39 is 10.0 Å². The Balaban J connectivity index is 1.99. The Morgan fingerprint density at radius 2 is 1.79 bits per heavy atom. The van der Waals surface area contributed by atoms with Gasteiger partial charge in [0.25, 0.3) is 15.9 Å². The molecule has 198 valence electrons. The summed E-state index contributed by atoms with van der Waals surface area (Å²) in [6, 6.07) is 9.68. The third-order valence-electron chi connectivity index (χ3n) is 6.27. The molecule has 0 saturated heterocycles. The van der Waals surface area contributed by atoms with Crippen molar-refractivity contribution in [1.82, 2.24) is 9.88 Å². The van der Waals surface area contributed by atoms with Crippen LogP contribution in [-0.4, -0.2) is 25.4 Å². The molecule has 38 heavy (non-hydrogen) atoms. The molecule has 10 heteroatoms. The van der Waals surface area contributed by atoms with Gasteiger partial charge in [-0.2, -0.15) is 0 Å². The molecule has 1 amide bonds. The number of nitrogens with one attached hydrogen (secondary N) is 2. The molecule has 2 N–H and O–H groups in total. The summed E-state index contributed by atoms with van der Waals surface area (Å²) in [4.78, 5) is 26.6. The molecule has 0 spiro atoms. The Morgan fingerprint density at radius 1 is 1.11 bits per heavy atom. The van der Waals surface area contributed by atoms with Crippen LogP contribution in [0.5, 0.6) is 0 Å². The van der Waals surface area contributed by atoms with E-state index in [1.165, 1.54) is 23.5 Å². The van der Waals surface area contributed by atoms with E-state index in [4.69, 9.17) is 0 Å². The van der Waals surface area contributed by atoms with Crippen molar-refractivity contribution in [3.8, 4) is 5.69 Å². The highest BCUT2D eigenvalue weighted by Crippen LogP contribution is 2.32. The normalized spacial score (nSPS) is 11.5. The smallest absolute Gasteiger partial charge is 0.261 e. The number of fused-ring (bicyclic) bond motifs is 1. The van der Waals surface area contributed by atoms with E-state index in [0.717, 1.165) is 27.7 Å². The second-order valence-corrected chi connectivity index (χ2v) is 11.7. The van der Waals surface area contributed by atoms with Gasteiger partial charge in [0.15, 0.2) is 5.43 Å². The molecule has 0 unspecified atom stereocenters. The molecule has 0 aliphatic heterocycles. The minimum Gasteiger partial charge on any atom is -0.352 e. The molecule has 4 aromatic rings. The average molecular weight is 554 g/mol. The molecule has 4 rings (SSSR count). The van der Waals surface area contributed by atoms with Crippen LogP contribution < -0.4 is 15.5 Å². The van der Waals surface area contributed by atoms with Crippen LogP contribution in [0.25, 0.3) is 15.9 Å². The summed E-state index contributed by atoms with van der Waals surface area (Å²) < 4.78 is 42.7. The summed E-state index contributed by atoms with van der Waals surface area (Å²) in [5, 5.41) is 3.98. The van der Waals surface area contributed by atoms with Crippen LogP contribution in [0.4, 0.5) is 10.1 Å². The molecular weight excluding hydrogens is 525 g/mol. The predicted molar refractivity (Wildman–Crippen MR) is 152 cm³/mol. The van der Waals surface area contributed by atoms with Crippen LogP contribution in [0.3, 0.4) is 0 Å². The second-order valence-electron chi connectivity index (χ2n) is 9.05. The van der Waals surface area contributed by atoms with Crippen molar-refractivity contribution >= 4 is 43.2 Å². The van der Waals surface area contributed by atoms with E-state index in [-0.39, 0.29) is 17.2 Å². The number of amides is 1. The predicted octanol–water partition coefficient (Wildman–Crippen LogP) is 5.34. The van der Waals surface area contributed by atoms with Gasteiger partial charge in [0.1, 0.15) is 10.6 Å². The lowest BCUT2D eigenvalue weighted by molar-refractivity contribution is 0.0960. The number of hydrogen-bond acceptors (Lipinski definition) is 5. The molecule has 0 aliphatic rings. The standard InChI is InChI=1S/C28H28FN3O4S2/c1-6-30-27(34)25-14-23-26(33)18(5)15-32(28(23)37-25)24-13-21(31-38(35,36)7-2)9-8-19(24)12-22-16(3)10-20(29)11-17(22)4/h7-11,13-15,31H,2,6,12H2,1,3-5H3,(H,30,34). The molecule has 0 radical (unpaired) electrons. The summed E-state index contributed by atoms with van der Waals surface area (Å²) in [6.07, 6.45) is 2.13. The number of anilines is 1. The number of sulfonamides is 1. The van der Waals surface area contributed by atoms with Crippen molar-refractivity contribution in [2.24, 2.45) is 0 Å². The summed E-state index contributed by atoms with van der Waals surface area (Å²) in [5.41, 5.74) is 4.56. The number of aryl methyl sites for hydroxylation is 3. The van der Waals surface area contributed by atoms with Crippen LogP contribution in [0.15, 0.2) is 59.4 Å². The lowest BCUT2D eigenvalue weighted by Gasteiger charge is -2.18. The Kier molecular flexibility index (Phi) is 7.57. The van der Waals surface area contributed by atoms with Crippen molar-refractivity contribution in [1.29, 1.82) is 0 Å². The third kappa shape index (κ3) is 5.41. The summed E-state index contributed by atoms with van der Waals surface area (Å²) >= 11 is 1.18. The molecule has 2 heterocycles. The number of halogens is 1. The maximum absolute atomic E-state index is 14.0. The first-order chi connectivity index (χ1) is 17.9. The van der Waals surface area contributed by atoms with E-state index in [9.17, 15) is 22.4 Å². The van der Waals surface area contributed by atoms with E-state index in [1.807, 2.05) is 25.3 Å². The van der Waals surface area contributed by atoms with Crippen LogP contribution in [0.2, 0.25) is 0 Å². The Hall–Kier alpha value is -3.76. The summed E-state index contributed by atoms with van der Waals surface area (Å²) in [7, 11) is -3.77. The highest BCUT2D eigenvalue weighted by atomic mass is 32.2. The van der Waals surface area contributed by atoms with E-state index in [1.54, 1.807) is 37.4 Å². The van der Waals surface area contributed by atoms with Crippen LogP contribution in [0, 0.1) is 26.6 Å². The van der Waals surface area contributed by atoms with E-state index >= 15 is 0 Å². The fraction of sp³-hybridized carbons (Fsp3) is 0.214. The largest absolute Gasteiger partial charge is 0.352 e. The van der Waals surface area contributed by atoms with E-state index in [2.05, 4.69) is 16.6 Å². The number of rotatable bonds is 8. The number of pyridine rings is 1. The minimum atomic E-state index is -3.77. The van der Waals surface area contributed by atoms with Gasteiger partial charge in [0.05, 0.1) is 21.6 Å². The number of carbonyl (C=O) groups is 1. The van der Waals surface area contributed by atoms with Crippen molar-refractivity contribution in [2.45, 2.75) is 34.1 Å². The summed E-state index contributed by atoms with van der Waals surface area (Å²) in [5.74, 6) is -0.588. The Morgan fingerprint density at radius 3 is 2.42 bits per heavy atom. The SMILES string of the molecule is C=CS(=O)(=O)Nc1ccc(Cc2c(C)cc(F)cc2C)c(-n2cc(C)c(=O)c3cc(C(=O)NCC)sc32)c1. The quantitative estimate of drug-likeness (QED) is 0.308. The molecule has 0 atom stereocenters. The van der Waals surface area contributed by atoms with Gasteiger partial charge < -0.3 is 9.88 Å². The van der Waals surface area contributed by atoms with Gasteiger partial charge in [-0.3, -0.25) is 14.3 Å². The average Bonchev–Trinajstić information content (AvgIpc) is 3.30. The zero-order chi connectivity index (χ0) is 27.8. The van der Waals surface area contributed by atoms with Crippen molar-refractivity contribution in [3.63, 3.8) is 0 Å². The number of aromatic nitrogens is 1. The van der Waals surface area contributed by atoms with Gasteiger partial charge in [-0.15, -0.1) is 11.3 Å². The Labute approximate surface area is 224 Å². The zero-order valence-electron chi connectivity index (χ0n) is 21.5. The van der Waals surface area contributed by atoms with Crippen LogP contribution >= 0.6 is 11.3 Å². The highest BCUT2D eigenvalue weighted by molar-refractivity contribution is 7.95.